The Morgan fingerprint density at radius 1 is 1.05 bits per heavy atom. The van der Waals surface area contributed by atoms with Crippen LogP contribution in [-0.4, -0.2) is 18.4 Å². The summed E-state index contributed by atoms with van der Waals surface area (Å²) in [5.41, 5.74) is 0.637. The van der Waals surface area contributed by atoms with Crippen molar-refractivity contribution in [3.63, 3.8) is 0 Å². The third kappa shape index (κ3) is 4.39. The number of nitrogens with one attached hydrogen (secondary N) is 2. The van der Waals surface area contributed by atoms with Crippen molar-refractivity contribution in [3.05, 3.63) is 30.3 Å². The molecule has 19 heavy (non-hydrogen) atoms. The number of carbonyl (C=O) groups excluding carboxylic acids is 2. The smallest absolute Gasteiger partial charge is 0.313 e. The molecule has 1 fully saturated rings. The second-order valence-electron chi connectivity index (χ2n) is 5.02. The van der Waals surface area contributed by atoms with Crippen molar-refractivity contribution >= 4 is 17.5 Å². The summed E-state index contributed by atoms with van der Waals surface area (Å²) in [5, 5.41) is 5.25. The van der Waals surface area contributed by atoms with Gasteiger partial charge in [-0.15, -0.1) is 0 Å². The van der Waals surface area contributed by atoms with E-state index in [4.69, 9.17) is 0 Å². The topological polar surface area (TPSA) is 58.2 Å². The summed E-state index contributed by atoms with van der Waals surface area (Å²) in [6, 6.07) is 8.99. The molecule has 2 N–H and O–H groups in total. The molecule has 4 heteroatoms. The highest BCUT2D eigenvalue weighted by molar-refractivity contribution is 6.39. The van der Waals surface area contributed by atoms with Gasteiger partial charge >= 0.3 is 11.8 Å². The Morgan fingerprint density at radius 2 is 1.74 bits per heavy atom. The van der Waals surface area contributed by atoms with E-state index < -0.39 is 11.8 Å². The van der Waals surface area contributed by atoms with Crippen molar-refractivity contribution in [2.75, 3.05) is 11.9 Å². The van der Waals surface area contributed by atoms with Crippen LogP contribution in [0.15, 0.2) is 30.3 Å². The van der Waals surface area contributed by atoms with Gasteiger partial charge in [0.25, 0.3) is 0 Å². The van der Waals surface area contributed by atoms with Gasteiger partial charge in [0, 0.05) is 12.2 Å². The van der Waals surface area contributed by atoms with Crippen molar-refractivity contribution in [2.45, 2.75) is 32.1 Å². The summed E-state index contributed by atoms with van der Waals surface area (Å²) in [5.74, 6) is -0.433. The van der Waals surface area contributed by atoms with E-state index >= 15 is 0 Å². The maximum Gasteiger partial charge on any atom is 0.313 e. The molecule has 0 heterocycles. The molecule has 1 aliphatic rings. The SMILES string of the molecule is O=C(NCCC1CCCC1)C(=O)Nc1ccccc1. The Balaban J connectivity index is 1.69. The number of amides is 2. The van der Waals surface area contributed by atoms with Gasteiger partial charge in [-0.1, -0.05) is 43.9 Å². The van der Waals surface area contributed by atoms with Gasteiger partial charge in [-0.2, -0.15) is 0 Å². The monoisotopic (exact) mass is 260 g/mol. The highest BCUT2D eigenvalue weighted by atomic mass is 16.2. The van der Waals surface area contributed by atoms with Gasteiger partial charge in [0.05, 0.1) is 0 Å². The minimum absolute atomic E-state index is 0.554. The lowest BCUT2D eigenvalue weighted by molar-refractivity contribution is -0.136. The van der Waals surface area contributed by atoms with Crippen molar-refractivity contribution in [2.24, 2.45) is 5.92 Å². The molecule has 0 unspecified atom stereocenters. The van der Waals surface area contributed by atoms with Gasteiger partial charge in [0.2, 0.25) is 0 Å². The largest absolute Gasteiger partial charge is 0.348 e. The molecule has 4 nitrogen and oxygen atoms in total. The number of carbonyl (C=O) groups is 2. The normalized spacial score (nSPS) is 15.2. The molecule has 0 aromatic heterocycles. The Hall–Kier alpha value is -1.84. The first kappa shape index (κ1) is 13.6. The summed E-state index contributed by atoms with van der Waals surface area (Å²) in [6.07, 6.45) is 6.09. The van der Waals surface area contributed by atoms with Crippen molar-refractivity contribution in [3.8, 4) is 0 Å². The summed E-state index contributed by atoms with van der Waals surface area (Å²) in [7, 11) is 0. The molecule has 0 bridgehead atoms. The van der Waals surface area contributed by atoms with Crippen LogP contribution in [-0.2, 0) is 9.59 Å². The molecule has 0 aliphatic heterocycles. The van der Waals surface area contributed by atoms with Crippen molar-refractivity contribution < 1.29 is 9.59 Å². The third-order valence-electron chi connectivity index (χ3n) is 3.55. The average Bonchev–Trinajstić information content (AvgIpc) is 2.93. The Kier molecular flexibility index (Phi) is 4.95. The van der Waals surface area contributed by atoms with Gasteiger partial charge in [-0.05, 0) is 24.5 Å². The fourth-order valence-electron chi connectivity index (χ4n) is 2.48. The summed E-state index contributed by atoms with van der Waals surface area (Å²) < 4.78 is 0. The van der Waals surface area contributed by atoms with Crippen LogP contribution in [0.5, 0.6) is 0 Å². The number of hydrogen-bond acceptors (Lipinski definition) is 2. The fourth-order valence-corrected chi connectivity index (χ4v) is 2.48. The quantitative estimate of drug-likeness (QED) is 0.816. The van der Waals surface area contributed by atoms with E-state index in [-0.39, 0.29) is 0 Å². The van der Waals surface area contributed by atoms with E-state index in [0.29, 0.717) is 12.2 Å². The highest BCUT2D eigenvalue weighted by Gasteiger charge is 2.17. The van der Waals surface area contributed by atoms with Crippen LogP contribution in [0.1, 0.15) is 32.1 Å². The van der Waals surface area contributed by atoms with Gasteiger partial charge < -0.3 is 10.6 Å². The fraction of sp³-hybridized carbons (Fsp3) is 0.467. The van der Waals surface area contributed by atoms with E-state index in [2.05, 4.69) is 10.6 Å². The van der Waals surface area contributed by atoms with Crippen LogP contribution in [0.2, 0.25) is 0 Å². The van der Waals surface area contributed by atoms with Crippen LogP contribution in [0.25, 0.3) is 0 Å². The summed E-state index contributed by atoms with van der Waals surface area (Å²) >= 11 is 0. The number of rotatable bonds is 4. The maximum absolute atomic E-state index is 11.6. The first-order valence-electron chi connectivity index (χ1n) is 6.90. The van der Waals surface area contributed by atoms with Gasteiger partial charge in [0.1, 0.15) is 0 Å². The van der Waals surface area contributed by atoms with E-state index in [1.807, 2.05) is 18.2 Å². The zero-order chi connectivity index (χ0) is 13.5. The van der Waals surface area contributed by atoms with Gasteiger partial charge in [-0.25, -0.2) is 0 Å². The minimum Gasteiger partial charge on any atom is -0.348 e. The third-order valence-corrected chi connectivity index (χ3v) is 3.55. The lowest BCUT2D eigenvalue weighted by atomic mass is 10.0. The number of benzene rings is 1. The first-order chi connectivity index (χ1) is 9.25. The molecule has 0 spiro atoms. The predicted octanol–water partition coefficient (Wildman–Crippen LogP) is 2.32. The Bertz CT molecular complexity index is 425. The van der Waals surface area contributed by atoms with Gasteiger partial charge in [0.15, 0.2) is 0 Å². The molecular weight excluding hydrogens is 240 g/mol. The molecule has 102 valence electrons. The van der Waals surface area contributed by atoms with Crippen LogP contribution in [0, 0.1) is 5.92 Å². The number of para-hydroxylation sites is 1. The van der Waals surface area contributed by atoms with Gasteiger partial charge in [-0.3, -0.25) is 9.59 Å². The molecule has 0 saturated heterocycles. The molecule has 1 aromatic carbocycles. The standard InChI is InChI=1S/C15H20N2O2/c18-14(16-11-10-12-6-4-5-7-12)15(19)17-13-8-2-1-3-9-13/h1-3,8-9,12H,4-7,10-11H2,(H,16,18)(H,17,19). The second-order valence-corrected chi connectivity index (χ2v) is 5.02. The van der Waals surface area contributed by atoms with Crippen molar-refractivity contribution in [1.82, 2.24) is 5.32 Å². The molecule has 0 radical (unpaired) electrons. The zero-order valence-electron chi connectivity index (χ0n) is 11.0. The van der Waals surface area contributed by atoms with Crippen LogP contribution in [0.3, 0.4) is 0 Å². The van der Waals surface area contributed by atoms with E-state index in [1.54, 1.807) is 12.1 Å². The van der Waals surface area contributed by atoms with E-state index in [1.165, 1.54) is 25.7 Å². The van der Waals surface area contributed by atoms with E-state index in [9.17, 15) is 9.59 Å². The number of hydrogen-bond donors (Lipinski definition) is 2. The Labute approximate surface area is 113 Å². The summed E-state index contributed by atoms with van der Waals surface area (Å²) in [6.45, 7) is 0.589. The molecule has 2 amide bonds. The lowest BCUT2D eigenvalue weighted by Gasteiger charge is -2.09. The number of anilines is 1. The zero-order valence-corrected chi connectivity index (χ0v) is 11.0. The highest BCUT2D eigenvalue weighted by Crippen LogP contribution is 2.26. The average molecular weight is 260 g/mol. The molecule has 2 rings (SSSR count). The first-order valence-corrected chi connectivity index (χ1v) is 6.90. The summed E-state index contributed by atoms with van der Waals surface area (Å²) in [4.78, 5) is 23.2. The predicted molar refractivity (Wildman–Crippen MR) is 74.7 cm³/mol. The van der Waals surface area contributed by atoms with Crippen LogP contribution < -0.4 is 10.6 Å². The molecule has 1 aliphatic carbocycles. The molecule has 1 saturated carbocycles. The molecule has 0 atom stereocenters. The van der Waals surface area contributed by atoms with Crippen LogP contribution in [0.4, 0.5) is 5.69 Å². The van der Waals surface area contributed by atoms with Crippen LogP contribution >= 0.6 is 0 Å². The Morgan fingerprint density at radius 3 is 2.42 bits per heavy atom. The van der Waals surface area contributed by atoms with E-state index in [0.717, 1.165) is 12.3 Å². The molecule has 1 aromatic rings. The molecular formula is C15H20N2O2. The lowest BCUT2D eigenvalue weighted by Crippen LogP contribution is -2.36. The maximum atomic E-state index is 11.6. The minimum atomic E-state index is -0.599. The van der Waals surface area contributed by atoms with Crippen molar-refractivity contribution in [1.29, 1.82) is 0 Å². The second kappa shape index (κ2) is 6.92.